The maximum atomic E-state index is 13.4. The Morgan fingerprint density at radius 3 is 2.65 bits per heavy atom. The van der Waals surface area contributed by atoms with Crippen molar-refractivity contribution in [2.75, 3.05) is 12.0 Å². The molecule has 0 saturated heterocycles. The summed E-state index contributed by atoms with van der Waals surface area (Å²) in [6.07, 6.45) is 0.411. The number of carbonyl (C=O) groups excluding carboxylic acids is 1. The Morgan fingerprint density at radius 1 is 0.968 bits per heavy atom. The SMILES string of the molecule is COc1cccc(C2CC(=O)N(Cc3cccc(Cl)c3)c3ccc4ccccc4c32)c1. The van der Waals surface area contributed by atoms with Gasteiger partial charge in [0.2, 0.25) is 5.91 Å². The van der Waals surface area contributed by atoms with Crippen molar-refractivity contribution in [3.8, 4) is 5.75 Å². The molecule has 154 valence electrons. The van der Waals surface area contributed by atoms with Crippen LogP contribution in [0.25, 0.3) is 10.8 Å². The van der Waals surface area contributed by atoms with Crippen LogP contribution in [0.1, 0.15) is 29.0 Å². The molecular weight excluding hydrogens is 406 g/mol. The fourth-order valence-corrected chi connectivity index (χ4v) is 4.75. The number of amides is 1. The van der Waals surface area contributed by atoms with E-state index >= 15 is 0 Å². The monoisotopic (exact) mass is 427 g/mol. The molecule has 4 aromatic carbocycles. The molecule has 31 heavy (non-hydrogen) atoms. The minimum absolute atomic E-state index is 0.0284. The highest BCUT2D eigenvalue weighted by Gasteiger charge is 2.33. The molecule has 0 bridgehead atoms. The summed E-state index contributed by atoms with van der Waals surface area (Å²) in [6, 6.07) is 28.3. The Balaban J connectivity index is 1.68. The Bertz CT molecular complexity index is 1280. The van der Waals surface area contributed by atoms with E-state index < -0.39 is 0 Å². The predicted octanol–water partition coefficient (Wildman–Crippen LogP) is 6.57. The van der Waals surface area contributed by atoms with Crippen LogP contribution in [-0.2, 0) is 11.3 Å². The average Bonchev–Trinajstić information content (AvgIpc) is 2.80. The molecule has 4 heteroatoms. The molecule has 0 spiro atoms. The van der Waals surface area contributed by atoms with Crippen LogP contribution in [0.15, 0.2) is 84.9 Å². The summed E-state index contributed by atoms with van der Waals surface area (Å²) in [5.74, 6) is 0.878. The number of hydrogen-bond acceptors (Lipinski definition) is 2. The number of rotatable bonds is 4. The molecule has 0 aliphatic carbocycles. The Morgan fingerprint density at radius 2 is 1.81 bits per heavy atom. The van der Waals surface area contributed by atoms with Gasteiger partial charge in [-0.1, -0.05) is 66.2 Å². The molecule has 4 aromatic rings. The van der Waals surface area contributed by atoms with Crippen LogP contribution in [0.2, 0.25) is 5.02 Å². The lowest BCUT2D eigenvalue weighted by Crippen LogP contribution is -2.36. The quantitative estimate of drug-likeness (QED) is 0.368. The maximum Gasteiger partial charge on any atom is 0.228 e. The third kappa shape index (κ3) is 3.66. The van der Waals surface area contributed by atoms with Gasteiger partial charge in [-0.2, -0.15) is 0 Å². The molecule has 1 aliphatic heterocycles. The minimum Gasteiger partial charge on any atom is -0.497 e. The highest BCUT2D eigenvalue weighted by molar-refractivity contribution is 6.30. The van der Waals surface area contributed by atoms with Gasteiger partial charge in [-0.05, 0) is 57.8 Å². The molecule has 5 rings (SSSR count). The van der Waals surface area contributed by atoms with E-state index in [1.54, 1.807) is 7.11 Å². The molecule has 1 aliphatic rings. The van der Waals surface area contributed by atoms with E-state index in [2.05, 4.69) is 36.4 Å². The Labute approximate surface area is 186 Å². The smallest absolute Gasteiger partial charge is 0.228 e. The zero-order valence-electron chi connectivity index (χ0n) is 17.2. The van der Waals surface area contributed by atoms with Crippen molar-refractivity contribution < 1.29 is 9.53 Å². The van der Waals surface area contributed by atoms with Crippen molar-refractivity contribution in [3.63, 3.8) is 0 Å². The second-order valence-corrected chi connectivity index (χ2v) is 8.30. The van der Waals surface area contributed by atoms with E-state index in [1.165, 1.54) is 16.3 Å². The van der Waals surface area contributed by atoms with Crippen molar-refractivity contribution >= 4 is 34.0 Å². The van der Waals surface area contributed by atoms with E-state index in [0.29, 0.717) is 18.0 Å². The van der Waals surface area contributed by atoms with Crippen LogP contribution >= 0.6 is 11.6 Å². The fourth-order valence-electron chi connectivity index (χ4n) is 4.54. The first kappa shape index (κ1) is 19.7. The van der Waals surface area contributed by atoms with Gasteiger partial charge in [0.1, 0.15) is 5.75 Å². The number of methoxy groups -OCH3 is 1. The highest BCUT2D eigenvalue weighted by atomic mass is 35.5. The Kier molecular flexibility index (Phi) is 5.13. The van der Waals surface area contributed by atoms with Crippen molar-refractivity contribution in [1.29, 1.82) is 0 Å². The number of fused-ring (bicyclic) bond motifs is 3. The number of nitrogens with zero attached hydrogens (tertiary/aromatic N) is 1. The van der Waals surface area contributed by atoms with Crippen molar-refractivity contribution in [2.45, 2.75) is 18.9 Å². The van der Waals surface area contributed by atoms with Crippen LogP contribution in [0.5, 0.6) is 5.75 Å². The second kappa shape index (κ2) is 8.09. The highest BCUT2D eigenvalue weighted by Crippen LogP contribution is 2.45. The predicted molar refractivity (Wildman–Crippen MR) is 126 cm³/mol. The molecule has 0 N–H and O–H groups in total. The standard InChI is InChI=1S/C27H22ClNO2/c1-31-22-10-5-8-20(15-22)24-16-26(30)29(17-18-6-4-9-21(28)14-18)25-13-12-19-7-2-3-11-23(19)27(24)25/h2-15,24H,16-17H2,1H3. The zero-order chi connectivity index (χ0) is 21.4. The van der Waals surface area contributed by atoms with Gasteiger partial charge in [-0.15, -0.1) is 0 Å². The first-order valence-corrected chi connectivity index (χ1v) is 10.7. The number of ether oxygens (including phenoxy) is 1. The van der Waals surface area contributed by atoms with E-state index in [4.69, 9.17) is 16.3 Å². The van der Waals surface area contributed by atoms with Gasteiger partial charge in [0.15, 0.2) is 0 Å². The molecule has 1 heterocycles. The van der Waals surface area contributed by atoms with Gasteiger partial charge in [0.05, 0.1) is 13.7 Å². The number of halogens is 1. The topological polar surface area (TPSA) is 29.5 Å². The van der Waals surface area contributed by atoms with Crippen molar-refractivity contribution in [3.05, 3.63) is 107 Å². The number of anilines is 1. The largest absolute Gasteiger partial charge is 0.497 e. The summed E-state index contributed by atoms with van der Waals surface area (Å²) < 4.78 is 5.45. The van der Waals surface area contributed by atoms with E-state index in [-0.39, 0.29) is 11.8 Å². The normalized spacial score (nSPS) is 15.7. The van der Waals surface area contributed by atoms with Gasteiger partial charge >= 0.3 is 0 Å². The summed E-state index contributed by atoms with van der Waals surface area (Å²) >= 11 is 6.19. The van der Waals surface area contributed by atoms with Crippen LogP contribution in [0, 0.1) is 0 Å². The lowest BCUT2D eigenvalue weighted by molar-refractivity contribution is -0.119. The molecule has 0 aromatic heterocycles. The van der Waals surface area contributed by atoms with E-state index in [1.807, 2.05) is 53.4 Å². The summed E-state index contributed by atoms with van der Waals surface area (Å²) in [7, 11) is 1.67. The molecule has 1 amide bonds. The van der Waals surface area contributed by atoms with E-state index in [0.717, 1.165) is 22.6 Å². The number of hydrogen-bond donors (Lipinski definition) is 0. The third-order valence-corrected chi connectivity index (χ3v) is 6.23. The average molecular weight is 428 g/mol. The molecule has 0 fully saturated rings. The third-order valence-electron chi connectivity index (χ3n) is 5.99. The van der Waals surface area contributed by atoms with Gasteiger partial charge in [-0.3, -0.25) is 4.79 Å². The summed E-state index contributed by atoms with van der Waals surface area (Å²) in [4.78, 5) is 15.3. The number of carbonyl (C=O) groups is 1. The summed E-state index contributed by atoms with van der Waals surface area (Å²) in [6.45, 7) is 0.496. The van der Waals surface area contributed by atoms with Crippen LogP contribution in [0.3, 0.4) is 0 Å². The van der Waals surface area contributed by atoms with E-state index in [9.17, 15) is 4.79 Å². The van der Waals surface area contributed by atoms with Gasteiger partial charge in [-0.25, -0.2) is 0 Å². The van der Waals surface area contributed by atoms with Gasteiger partial charge in [0.25, 0.3) is 0 Å². The van der Waals surface area contributed by atoms with Crippen LogP contribution in [-0.4, -0.2) is 13.0 Å². The lowest BCUT2D eigenvalue weighted by atomic mass is 9.81. The first-order chi connectivity index (χ1) is 15.1. The molecule has 0 saturated carbocycles. The van der Waals surface area contributed by atoms with Gasteiger partial charge in [0, 0.05) is 23.0 Å². The number of benzene rings is 4. The maximum absolute atomic E-state index is 13.4. The molecule has 0 radical (unpaired) electrons. The summed E-state index contributed by atoms with van der Waals surface area (Å²) in [5, 5.41) is 3.03. The first-order valence-electron chi connectivity index (χ1n) is 10.3. The lowest BCUT2D eigenvalue weighted by Gasteiger charge is -2.35. The molecule has 3 nitrogen and oxygen atoms in total. The fraction of sp³-hybridized carbons (Fsp3) is 0.148. The molecular formula is C27H22ClNO2. The minimum atomic E-state index is -0.0284. The van der Waals surface area contributed by atoms with Crippen LogP contribution < -0.4 is 9.64 Å². The Hall–Kier alpha value is -3.30. The molecule has 1 atom stereocenters. The van der Waals surface area contributed by atoms with Gasteiger partial charge < -0.3 is 9.64 Å². The van der Waals surface area contributed by atoms with Crippen LogP contribution in [0.4, 0.5) is 5.69 Å². The van der Waals surface area contributed by atoms with Crippen molar-refractivity contribution in [1.82, 2.24) is 0 Å². The molecule has 1 unspecified atom stereocenters. The summed E-state index contributed by atoms with van der Waals surface area (Å²) in [5.41, 5.74) is 4.25. The second-order valence-electron chi connectivity index (χ2n) is 7.86. The van der Waals surface area contributed by atoms with Crippen molar-refractivity contribution in [2.24, 2.45) is 0 Å². The zero-order valence-corrected chi connectivity index (χ0v) is 18.0.